The maximum atomic E-state index is 6.04. The van der Waals surface area contributed by atoms with Gasteiger partial charge in [-0.25, -0.2) is 0 Å². The third-order valence-electron chi connectivity index (χ3n) is 1.99. The van der Waals surface area contributed by atoms with E-state index in [1.165, 1.54) is 0 Å². The topological polar surface area (TPSA) is 0 Å². The van der Waals surface area contributed by atoms with E-state index in [0.717, 1.165) is 5.39 Å². The minimum absolute atomic E-state index is 0.301. The van der Waals surface area contributed by atoms with E-state index in [4.69, 9.17) is 58.0 Å². The van der Waals surface area contributed by atoms with E-state index in [2.05, 4.69) is 0 Å². The minimum atomic E-state index is 0.301. The van der Waals surface area contributed by atoms with E-state index >= 15 is 0 Å². The van der Waals surface area contributed by atoms with Crippen LogP contribution in [-0.4, -0.2) is 0 Å². The smallest absolute Gasteiger partial charge is 0.0785 e. The summed E-state index contributed by atoms with van der Waals surface area (Å²) in [6, 6.07) is 5.03. The fourth-order valence-electron chi connectivity index (χ4n) is 1.35. The first kappa shape index (κ1) is 11.6. The van der Waals surface area contributed by atoms with Gasteiger partial charge in [-0.2, -0.15) is 0 Å². The van der Waals surface area contributed by atoms with Gasteiger partial charge < -0.3 is 0 Å². The van der Waals surface area contributed by atoms with Crippen LogP contribution in [0.25, 0.3) is 10.8 Å². The van der Waals surface area contributed by atoms with Crippen LogP contribution in [0.3, 0.4) is 0 Å². The van der Waals surface area contributed by atoms with Crippen molar-refractivity contribution < 1.29 is 0 Å². The molecule has 0 saturated carbocycles. The number of hydrogen-bond acceptors (Lipinski definition) is 0. The van der Waals surface area contributed by atoms with E-state index in [1.54, 1.807) is 18.2 Å². The average Bonchev–Trinajstić information content (AvgIpc) is 2.13. The molecular weight excluding hydrogens is 297 g/mol. The van der Waals surface area contributed by atoms with E-state index < -0.39 is 0 Å². The van der Waals surface area contributed by atoms with Crippen LogP contribution in [0, 0.1) is 0 Å². The third-order valence-corrected chi connectivity index (χ3v) is 3.77. The molecule has 0 N–H and O–H groups in total. The van der Waals surface area contributed by atoms with Crippen molar-refractivity contribution in [3.8, 4) is 0 Å². The van der Waals surface area contributed by atoms with Gasteiger partial charge in [0.05, 0.1) is 20.1 Å². The van der Waals surface area contributed by atoms with Crippen LogP contribution >= 0.6 is 58.0 Å². The molecule has 0 aliphatic carbocycles. The Morgan fingerprint density at radius 3 is 2.00 bits per heavy atom. The second-order valence-electron chi connectivity index (χ2n) is 2.97. The molecule has 0 unspecified atom stereocenters. The molecule has 15 heavy (non-hydrogen) atoms. The molecule has 5 heteroatoms. The zero-order chi connectivity index (χ0) is 11.2. The Kier molecular flexibility index (Phi) is 3.25. The summed E-state index contributed by atoms with van der Waals surface area (Å²) in [5.74, 6) is 0. The molecule has 0 nitrogen and oxygen atoms in total. The van der Waals surface area contributed by atoms with E-state index in [9.17, 15) is 0 Å². The number of hydrogen-bond donors (Lipinski definition) is 0. The van der Waals surface area contributed by atoms with Crippen molar-refractivity contribution in [3.63, 3.8) is 0 Å². The van der Waals surface area contributed by atoms with Crippen LogP contribution in [0.2, 0.25) is 25.1 Å². The molecule has 2 aromatic carbocycles. The molecule has 78 valence electrons. The zero-order valence-corrected chi connectivity index (χ0v) is 10.9. The van der Waals surface area contributed by atoms with Crippen LogP contribution in [0.15, 0.2) is 18.2 Å². The molecule has 0 aliphatic heterocycles. The lowest BCUT2D eigenvalue weighted by molar-refractivity contribution is 1.74. The largest absolute Gasteiger partial charge is 0.0843 e. The SMILES string of the molecule is Clc1cc(Cl)c2c(Cl)c(Cl)c(Cl)cc2c1. The fourth-order valence-corrected chi connectivity index (χ4v) is 2.73. The summed E-state index contributed by atoms with van der Waals surface area (Å²) in [6.45, 7) is 0. The van der Waals surface area contributed by atoms with Gasteiger partial charge in [-0.15, -0.1) is 0 Å². The lowest BCUT2D eigenvalue weighted by Gasteiger charge is -2.07. The van der Waals surface area contributed by atoms with Gasteiger partial charge in [0.25, 0.3) is 0 Å². The van der Waals surface area contributed by atoms with Crippen LogP contribution < -0.4 is 0 Å². The highest BCUT2D eigenvalue weighted by molar-refractivity contribution is 6.52. The normalized spacial score (nSPS) is 11.0. The monoisotopic (exact) mass is 298 g/mol. The first-order chi connectivity index (χ1) is 7.00. The molecule has 2 rings (SSSR count). The zero-order valence-electron chi connectivity index (χ0n) is 7.12. The highest BCUT2D eigenvalue weighted by atomic mass is 35.5. The van der Waals surface area contributed by atoms with Crippen molar-refractivity contribution in [2.45, 2.75) is 0 Å². The van der Waals surface area contributed by atoms with Crippen molar-refractivity contribution in [2.24, 2.45) is 0 Å². The maximum absolute atomic E-state index is 6.04. The third kappa shape index (κ3) is 2.02. The van der Waals surface area contributed by atoms with Crippen molar-refractivity contribution in [2.75, 3.05) is 0 Å². The molecule has 0 bridgehead atoms. The molecule has 0 amide bonds. The summed E-state index contributed by atoms with van der Waals surface area (Å²) in [4.78, 5) is 0. The predicted molar refractivity (Wildman–Crippen MR) is 69.0 cm³/mol. The van der Waals surface area contributed by atoms with Crippen LogP contribution in [-0.2, 0) is 0 Å². The van der Waals surface area contributed by atoms with Crippen LogP contribution in [0.5, 0.6) is 0 Å². The fraction of sp³-hybridized carbons (Fsp3) is 0. The highest BCUT2D eigenvalue weighted by Gasteiger charge is 2.12. The summed E-state index contributed by atoms with van der Waals surface area (Å²) in [5.41, 5.74) is 0. The Bertz CT molecular complexity index is 547. The Labute approximate surface area is 112 Å². The van der Waals surface area contributed by atoms with Crippen LogP contribution in [0.4, 0.5) is 0 Å². The molecule has 0 saturated heterocycles. The summed E-state index contributed by atoms with van der Waals surface area (Å²) in [6.07, 6.45) is 0. The first-order valence-electron chi connectivity index (χ1n) is 3.93. The molecule has 0 spiro atoms. The summed E-state index contributed by atoms with van der Waals surface area (Å²) < 4.78 is 0. The number of halogens is 5. The van der Waals surface area contributed by atoms with Gasteiger partial charge in [-0.05, 0) is 23.6 Å². The second kappa shape index (κ2) is 4.20. The quantitative estimate of drug-likeness (QED) is 0.515. The molecule has 0 aliphatic rings. The summed E-state index contributed by atoms with van der Waals surface area (Å²) in [5, 5.41) is 3.45. The van der Waals surface area contributed by atoms with Crippen molar-refractivity contribution in [1.29, 1.82) is 0 Å². The van der Waals surface area contributed by atoms with Crippen molar-refractivity contribution in [1.82, 2.24) is 0 Å². The van der Waals surface area contributed by atoms with Gasteiger partial charge in [0, 0.05) is 10.4 Å². The lowest BCUT2D eigenvalue weighted by atomic mass is 10.1. The lowest BCUT2D eigenvalue weighted by Crippen LogP contribution is -1.80. The Morgan fingerprint density at radius 1 is 0.667 bits per heavy atom. The highest BCUT2D eigenvalue weighted by Crippen LogP contribution is 2.41. The molecule has 0 aromatic heterocycles. The average molecular weight is 300 g/mol. The molecule has 2 aromatic rings. The van der Waals surface area contributed by atoms with E-state index in [1.807, 2.05) is 0 Å². The Hall–Kier alpha value is 0.150. The summed E-state index contributed by atoms with van der Waals surface area (Å²) in [7, 11) is 0. The van der Waals surface area contributed by atoms with Gasteiger partial charge in [0.2, 0.25) is 0 Å². The predicted octanol–water partition coefficient (Wildman–Crippen LogP) is 6.11. The van der Waals surface area contributed by atoms with Crippen molar-refractivity contribution in [3.05, 3.63) is 43.3 Å². The molecule has 0 heterocycles. The van der Waals surface area contributed by atoms with Crippen LogP contribution in [0.1, 0.15) is 0 Å². The molecule has 0 radical (unpaired) electrons. The van der Waals surface area contributed by atoms with Gasteiger partial charge in [-0.3, -0.25) is 0 Å². The van der Waals surface area contributed by atoms with Crippen molar-refractivity contribution >= 4 is 68.8 Å². The van der Waals surface area contributed by atoms with E-state index in [0.29, 0.717) is 30.5 Å². The number of rotatable bonds is 0. The molecule has 0 atom stereocenters. The standard InChI is InChI=1S/C10H3Cl5/c11-5-1-4-2-7(13)9(14)10(15)8(4)6(12)3-5/h1-3H. The molecule has 0 fully saturated rings. The van der Waals surface area contributed by atoms with Gasteiger partial charge in [0.15, 0.2) is 0 Å². The second-order valence-corrected chi connectivity index (χ2v) is 4.98. The van der Waals surface area contributed by atoms with Gasteiger partial charge >= 0.3 is 0 Å². The first-order valence-corrected chi connectivity index (χ1v) is 5.82. The summed E-state index contributed by atoms with van der Waals surface area (Å²) >= 11 is 29.7. The maximum Gasteiger partial charge on any atom is 0.0785 e. The Balaban J connectivity index is 2.99. The van der Waals surface area contributed by atoms with E-state index in [-0.39, 0.29) is 0 Å². The number of fused-ring (bicyclic) bond motifs is 1. The Morgan fingerprint density at radius 2 is 1.33 bits per heavy atom. The minimum Gasteiger partial charge on any atom is -0.0843 e. The van der Waals surface area contributed by atoms with Gasteiger partial charge in [0.1, 0.15) is 0 Å². The number of benzene rings is 2. The van der Waals surface area contributed by atoms with Gasteiger partial charge in [-0.1, -0.05) is 58.0 Å². The molecular formula is C10H3Cl5.